The van der Waals surface area contributed by atoms with Crippen molar-refractivity contribution >= 4 is 5.57 Å². The number of hydrogen-bond donors (Lipinski definition) is 0. The van der Waals surface area contributed by atoms with Crippen LogP contribution in [-0.2, 0) is 5.41 Å². The molecule has 1 unspecified atom stereocenters. The summed E-state index contributed by atoms with van der Waals surface area (Å²) in [5.74, 6) is 0. The Labute approximate surface area is 174 Å². The highest BCUT2D eigenvalue weighted by atomic mass is 14.4. The fraction of sp³-hybridized carbons (Fsp3) is 0.500. The molecule has 2 aromatic carbocycles. The van der Waals surface area contributed by atoms with E-state index in [4.69, 9.17) is 0 Å². The van der Waals surface area contributed by atoms with Crippen LogP contribution < -0.4 is 0 Å². The largest absolute Gasteiger partial charge is 0.0952 e. The van der Waals surface area contributed by atoms with Crippen LogP contribution in [0.1, 0.15) is 95.6 Å². The summed E-state index contributed by atoms with van der Waals surface area (Å²) in [5, 5.41) is 0. The standard InChI is InChI=1S/C28H40/c1-4-6-8-9-10-17-23-28(22-7-5-2,27-20-15-12-16-21-27)24-25(3)26-18-13-11-14-19-26/h11-16,18-21H,3-10,17,22-24H2,1-2H3. The van der Waals surface area contributed by atoms with Gasteiger partial charge in [0.1, 0.15) is 0 Å². The lowest BCUT2D eigenvalue weighted by molar-refractivity contribution is 0.343. The first kappa shape index (κ1) is 22.5. The Bertz CT molecular complexity index is 655. The summed E-state index contributed by atoms with van der Waals surface area (Å²) in [7, 11) is 0. The van der Waals surface area contributed by atoms with Crippen molar-refractivity contribution in [2.24, 2.45) is 0 Å². The minimum Gasteiger partial charge on any atom is -0.0952 e. The molecule has 0 N–H and O–H groups in total. The zero-order valence-electron chi connectivity index (χ0n) is 18.3. The molecule has 0 amide bonds. The summed E-state index contributed by atoms with van der Waals surface area (Å²) in [5.41, 5.74) is 4.30. The van der Waals surface area contributed by atoms with Crippen LogP contribution in [0.15, 0.2) is 67.2 Å². The molecule has 0 aliphatic heterocycles. The second-order valence-corrected chi connectivity index (χ2v) is 8.41. The molecule has 1 atom stereocenters. The van der Waals surface area contributed by atoms with Crippen molar-refractivity contribution in [2.45, 2.75) is 89.9 Å². The van der Waals surface area contributed by atoms with Crippen molar-refractivity contribution < 1.29 is 0 Å². The SMILES string of the molecule is C=C(CC(CCCC)(CCCCCCCC)c1ccccc1)c1ccccc1. The summed E-state index contributed by atoms with van der Waals surface area (Å²) in [6.45, 7) is 9.12. The van der Waals surface area contributed by atoms with Gasteiger partial charge in [0.05, 0.1) is 0 Å². The zero-order valence-corrected chi connectivity index (χ0v) is 18.3. The van der Waals surface area contributed by atoms with E-state index in [1.165, 1.54) is 80.9 Å². The summed E-state index contributed by atoms with van der Waals surface area (Å²) < 4.78 is 0. The Kier molecular flexibility index (Phi) is 10.1. The van der Waals surface area contributed by atoms with E-state index in [-0.39, 0.29) is 5.41 Å². The normalized spacial score (nSPS) is 13.2. The molecule has 0 saturated heterocycles. The highest BCUT2D eigenvalue weighted by Crippen LogP contribution is 2.42. The van der Waals surface area contributed by atoms with Gasteiger partial charge in [-0.05, 0) is 41.4 Å². The molecule has 0 nitrogen and oxygen atoms in total. The van der Waals surface area contributed by atoms with Gasteiger partial charge in [0, 0.05) is 0 Å². The van der Waals surface area contributed by atoms with E-state index < -0.39 is 0 Å². The van der Waals surface area contributed by atoms with Crippen LogP contribution in [-0.4, -0.2) is 0 Å². The third-order valence-electron chi connectivity index (χ3n) is 6.14. The van der Waals surface area contributed by atoms with Crippen LogP contribution >= 0.6 is 0 Å². The maximum Gasteiger partial charge on any atom is -0.000665 e. The van der Waals surface area contributed by atoms with Gasteiger partial charge < -0.3 is 0 Å². The monoisotopic (exact) mass is 376 g/mol. The number of hydrogen-bond acceptors (Lipinski definition) is 0. The molecule has 0 aliphatic rings. The van der Waals surface area contributed by atoms with Crippen LogP contribution in [0.2, 0.25) is 0 Å². The summed E-state index contributed by atoms with van der Waals surface area (Å²) in [6, 6.07) is 22.0. The molecule has 2 aromatic rings. The molecular formula is C28H40. The molecule has 0 radical (unpaired) electrons. The highest BCUT2D eigenvalue weighted by molar-refractivity contribution is 5.64. The number of allylic oxidation sites excluding steroid dienone is 1. The molecular weight excluding hydrogens is 336 g/mol. The van der Waals surface area contributed by atoms with Crippen molar-refractivity contribution in [1.29, 1.82) is 0 Å². The van der Waals surface area contributed by atoms with Gasteiger partial charge in [-0.25, -0.2) is 0 Å². The fourth-order valence-electron chi connectivity index (χ4n) is 4.43. The smallest absolute Gasteiger partial charge is 0.000665 e. The highest BCUT2D eigenvalue weighted by Gasteiger charge is 2.32. The summed E-state index contributed by atoms with van der Waals surface area (Å²) in [6.07, 6.45) is 14.3. The van der Waals surface area contributed by atoms with E-state index in [2.05, 4.69) is 81.1 Å². The second-order valence-electron chi connectivity index (χ2n) is 8.41. The average Bonchev–Trinajstić information content (AvgIpc) is 2.75. The molecule has 0 saturated carbocycles. The van der Waals surface area contributed by atoms with Crippen molar-refractivity contribution in [2.75, 3.05) is 0 Å². The van der Waals surface area contributed by atoms with Crippen LogP contribution in [0.4, 0.5) is 0 Å². The van der Waals surface area contributed by atoms with Crippen molar-refractivity contribution in [3.63, 3.8) is 0 Å². The van der Waals surface area contributed by atoms with Gasteiger partial charge in [-0.2, -0.15) is 0 Å². The number of rotatable bonds is 14. The molecule has 28 heavy (non-hydrogen) atoms. The maximum atomic E-state index is 4.51. The maximum absolute atomic E-state index is 4.51. The third-order valence-corrected chi connectivity index (χ3v) is 6.14. The Hall–Kier alpha value is -1.82. The van der Waals surface area contributed by atoms with Crippen molar-refractivity contribution in [3.8, 4) is 0 Å². The lowest BCUT2D eigenvalue weighted by Gasteiger charge is -2.36. The van der Waals surface area contributed by atoms with Crippen LogP contribution in [0.3, 0.4) is 0 Å². The third kappa shape index (κ3) is 6.97. The zero-order chi connectivity index (χ0) is 20.1. The predicted octanol–water partition coefficient (Wildman–Crippen LogP) is 8.97. The van der Waals surface area contributed by atoms with Crippen LogP contribution in [0.5, 0.6) is 0 Å². The lowest BCUT2D eigenvalue weighted by Crippen LogP contribution is -2.27. The summed E-state index contributed by atoms with van der Waals surface area (Å²) >= 11 is 0. The molecule has 0 heterocycles. The average molecular weight is 377 g/mol. The van der Waals surface area contributed by atoms with E-state index in [1.54, 1.807) is 0 Å². The Morgan fingerprint density at radius 1 is 0.679 bits per heavy atom. The molecule has 2 rings (SSSR count). The minimum atomic E-state index is 0.217. The molecule has 152 valence electrons. The predicted molar refractivity (Wildman–Crippen MR) is 126 cm³/mol. The van der Waals surface area contributed by atoms with Crippen molar-refractivity contribution in [3.05, 3.63) is 78.4 Å². The van der Waals surface area contributed by atoms with Gasteiger partial charge in [0.2, 0.25) is 0 Å². The quantitative estimate of drug-likeness (QED) is 0.289. The van der Waals surface area contributed by atoms with Gasteiger partial charge in [-0.3, -0.25) is 0 Å². The van der Waals surface area contributed by atoms with Gasteiger partial charge in [-0.15, -0.1) is 0 Å². The second kappa shape index (κ2) is 12.6. The number of benzene rings is 2. The summed E-state index contributed by atoms with van der Waals surface area (Å²) in [4.78, 5) is 0. The van der Waals surface area contributed by atoms with Gasteiger partial charge in [-0.1, -0.05) is 132 Å². The van der Waals surface area contributed by atoms with Gasteiger partial charge in [0.25, 0.3) is 0 Å². The van der Waals surface area contributed by atoms with E-state index in [0.717, 1.165) is 6.42 Å². The molecule has 0 heteroatoms. The van der Waals surface area contributed by atoms with Gasteiger partial charge >= 0.3 is 0 Å². The Morgan fingerprint density at radius 3 is 1.86 bits per heavy atom. The minimum absolute atomic E-state index is 0.217. The molecule has 0 aliphatic carbocycles. The first-order valence-corrected chi connectivity index (χ1v) is 11.5. The van der Waals surface area contributed by atoms with E-state index >= 15 is 0 Å². The molecule has 0 spiro atoms. The Balaban J connectivity index is 2.19. The number of unbranched alkanes of at least 4 members (excludes halogenated alkanes) is 6. The first-order chi connectivity index (χ1) is 13.7. The van der Waals surface area contributed by atoms with Crippen LogP contribution in [0, 0.1) is 0 Å². The fourth-order valence-corrected chi connectivity index (χ4v) is 4.43. The molecule has 0 bridgehead atoms. The van der Waals surface area contributed by atoms with Crippen molar-refractivity contribution in [1.82, 2.24) is 0 Å². The van der Waals surface area contributed by atoms with Gasteiger partial charge in [0.15, 0.2) is 0 Å². The Morgan fingerprint density at radius 2 is 1.21 bits per heavy atom. The van der Waals surface area contributed by atoms with Crippen LogP contribution in [0.25, 0.3) is 5.57 Å². The van der Waals surface area contributed by atoms with E-state index in [9.17, 15) is 0 Å². The topological polar surface area (TPSA) is 0 Å². The molecule has 0 fully saturated rings. The lowest BCUT2D eigenvalue weighted by atomic mass is 9.68. The molecule has 0 aromatic heterocycles. The van der Waals surface area contributed by atoms with E-state index in [0.29, 0.717) is 0 Å². The first-order valence-electron chi connectivity index (χ1n) is 11.5. The van der Waals surface area contributed by atoms with E-state index in [1.807, 2.05) is 0 Å².